The van der Waals surface area contributed by atoms with Crippen LogP contribution in [0, 0.1) is 0 Å². The minimum atomic E-state index is -1.63. The third-order valence-corrected chi connectivity index (χ3v) is 6.08. The Labute approximate surface area is 63.8 Å². The van der Waals surface area contributed by atoms with Gasteiger partial charge in [0.15, 0.2) is 0 Å². The first-order valence-corrected chi connectivity index (χ1v) is 6.16. The van der Waals surface area contributed by atoms with E-state index in [2.05, 4.69) is 0 Å². The summed E-state index contributed by atoms with van der Waals surface area (Å²) in [6.45, 7) is 0. The second-order valence-corrected chi connectivity index (χ2v) is 6.52. The molecular weight excluding hydrogens is 144 g/mol. The molecule has 0 amide bonds. The zero-order valence-electron chi connectivity index (χ0n) is 6.85. The van der Waals surface area contributed by atoms with Gasteiger partial charge in [-0.1, -0.05) is 19.3 Å². The van der Waals surface area contributed by atoms with Crippen molar-refractivity contribution in [3.63, 3.8) is 0 Å². The SMILES string of the molecule is CO[Si]1(OC)CCCCC1. The van der Waals surface area contributed by atoms with Crippen LogP contribution in [0.25, 0.3) is 0 Å². The minimum Gasteiger partial charge on any atom is -0.398 e. The number of rotatable bonds is 2. The van der Waals surface area contributed by atoms with Gasteiger partial charge in [-0.15, -0.1) is 0 Å². The maximum absolute atomic E-state index is 5.44. The highest BCUT2D eigenvalue weighted by atomic mass is 28.4. The standard InChI is InChI=1S/C7H16O2Si/c1-8-10(9-2)6-4-3-5-7-10/h3-7H2,1-2H3. The highest BCUT2D eigenvalue weighted by molar-refractivity contribution is 6.67. The van der Waals surface area contributed by atoms with Gasteiger partial charge < -0.3 is 8.85 Å². The van der Waals surface area contributed by atoms with Gasteiger partial charge in [-0.3, -0.25) is 0 Å². The van der Waals surface area contributed by atoms with Gasteiger partial charge in [0.1, 0.15) is 0 Å². The molecule has 0 aliphatic carbocycles. The van der Waals surface area contributed by atoms with Crippen LogP contribution in [0.1, 0.15) is 19.3 Å². The van der Waals surface area contributed by atoms with E-state index in [-0.39, 0.29) is 0 Å². The fourth-order valence-electron chi connectivity index (χ4n) is 1.58. The van der Waals surface area contributed by atoms with Gasteiger partial charge in [-0.2, -0.15) is 0 Å². The molecule has 0 aromatic heterocycles. The van der Waals surface area contributed by atoms with Gasteiger partial charge in [0.2, 0.25) is 0 Å². The lowest BCUT2D eigenvalue weighted by Gasteiger charge is -2.30. The van der Waals surface area contributed by atoms with Gasteiger partial charge in [-0.25, -0.2) is 0 Å². The Bertz CT molecular complexity index is 93.8. The molecule has 1 aliphatic rings. The molecule has 1 fully saturated rings. The maximum atomic E-state index is 5.44. The Morgan fingerprint density at radius 3 is 1.70 bits per heavy atom. The van der Waals surface area contributed by atoms with Crippen molar-refractivity contribution in [2.75, 3.05) is 14.2 Å². The van der Waals surface area contributed by atoms with Crippen LogP contribution in [0.5, 0.6) is 0 Å². The number of hydrogen-bond donors (Lipinski definition) is 0. The lowest BCUT2D eigenvalue weighted by atomic mass is 10.3. The molecule has 0 saturated carbocycles. The lowest BCUT2D eigenvalue weighted by Crippen LogP contribution is -2.41. The molecule has 1 aliphatic heterocycles. The van der Waals surface area contributed by atoms with Crippen LogP contribution in [0.3, 0.4) is 0 Å². The summed E-state index contributed by atoms with van der Waals surface area (Å²) < 4.78 is 10.9. The Balaban J connectivity index is 2.44. The van der Waals surface area contributed by atoms with Gasteiger partial charge in [-0.05, 0) is 12.1 Å². The van der Waals surface area contributed by atoms with Gasteiger partial charge in [0, 0.05) is 14.2 Å². The molecule has 60 valence electrons. The molecule has 1 saturated heterocycles. The van der Waals surface area contributed by atoms with E-state index < -0.39 is 8.56 Å². The van der Waals surface area contributed by atoms with Crippen molar-refractivity contribution in [1.29, 1.82) is 0 Å². The summed E-state index contributed by atoms with van der Waals surface area (Å²) in [5, 5.41) is 0. The molecule has 1 heterocycles. The molecule has 0 aromatic rings. The second-order valence-electron chi connectivity index (χ2n) is 2.88. The predicted octanol–water partition coefficient (Wildman–Crippen LogP) is 1.91. The summed E-state index contributed by atoms with van der Waals surface area (Å²) in [5.41, 5.74) is 0. The van der Waals surface area contributed by atoms with Crippen LogP contribution in [0.2, 0.25) is 12.1 Å². The molecule has 0 radical (unpaired) electrons. The lowest BCUT2D eigenvalue weighted by molar-refractivity contribution is 0.232. The Morgan fingerprint density at radius 1 is 0.900 bits per heavy atom. The van der Waals surface area contributed by atoms with E-state index in [1.807, 2.05) is 0 Å². The van der Waals surface area contributed by atoms with Crippen LogP contribution in [0.15, 0.2) is 0 Å². The largest absolute Gasteiger partial charge is 0.398 e. The quantitative estimate of drug-likeness (QED) is 0.574. The Hall–Kier alpha value is 0.137. The zero-order chi connectivity index (χ0) is 7.45. The second kappa shape index (κ2) is 3.51. The van der Waals surface area contributed by atoms with Gasteiger partial charge in [0.05, 0.1) is 0 Å². The fraction of sp³-hybridized carbons (Fsp3) is 1.00. The van der Waals surface area contributed by atoms with Gasteiger partial charge in [0.25, 0.3) is 0 Å². The van der Waals surface area contributed by atoms with Crippen molar-refractivity contribution in [1.82, 2.24) is 0 Å². The average molecular weight is 160 g/mol. The molecule has 0 unspecified atom stereocenters. The van der Waals surface area contributed by atoms with Crippen molar-refractivity contribution in [3.8, 4) is 0 Å². The van der Waals surface area contributed by atoms with E-state index >= 15 is 0 Å². The molecule has 10 heavy (non-hydrogen) atoms. The smallest absolute Gasteiger partial charge is 0.337 e. The third kappa shape index (κ3) is 1.59. The first kappa shape index (κ1) is 8.24. The number of hydrogen-bond acceptors (Lipinski definition) is 2. The topological polar surface area (TPSA) is 18.5 Å². The zero-order valence-corrected chi connectivity index (χ0v) is 7.85. The van der Waals surface area contributed by atoms with E-state index in [0.717, 1.165) is 0 Å². The van der Waals surface area contributed by atoms with E-state index in [0.29, 0.717) is 0 Å². The molecule has 0 atom stereocenters. The highest BCUT2D eigenvalue weighted by Gasteiger charge is 2.36. The summed E-state index contributed by atoms with van der Waals surface area (Å²) in [4.78, 5) is 0. The molecule has 1 rings (SSSR count). The van der Waals surface area contributed by atoms with E-state index in [1.54, 1.807) is 14.2 Å². The first-order chi connectivity index (χ1) is 4.83. The Kier molecular flexibility index (Phi) is 2.89. The van der Waals surface area contributed by atoms with Gasteiger partial charge >= 0.3 is 8.56 Å². The van der Waals surface area contributed by atoms with Crippen LogP contribution in [-0.4, -0.2) is 22.8 Å². The van der Waals surface area contributed by atoms with Crippen LogP contribution in [-0.2, 0) is 8.85 Å². The summed E-state index contributed by atoms with van der Waals surface area (Å²) >= 11 is 0. The molecule has 0 bridgehead atoms. The Morgan fingerprint density at radius 2 is 1.40 bits per heavy atom. The maximum Gasteiger partial charge on any atom is 0.337 e. The van der Waals surface area contributed by atoms with Crippen molar-refractivity contribution in [2.24, 2.45) is 0 Å². The summed E-state index contributed by atoms with van der Waals surface area (Å²) in [6, 6.07) is 2.39. The van der Waals surface area contributed by atoms with E-state index in [4.69, 9.17) is 8.85 Å². The predicted molar refractivity (Wildman–Crippen MR) is 43.2 cm³/mol. The fourth-order valence-corrected chi connectivity index (χ4v) is 4.39. The van der Waals surface area contributed by atoms with Crippen LogP contribution >= 0.6 is 0 Å². The van der Waals surface area contributed by atoms with E-state index in [1.165, 1.54) is 31.4 Å². The normalized spacial score (nSPS) is 24.6. The average Bonchev–Trinajstić information content (AvgIpc) is 2.06. The van der Waals surface area contributed by atoms with Crippen molar-refractivity contribution in [2.45, 2.75) is 31.4 Å². The third-order valence-electron chi connectivity index (χ3n) is 2.36. The van der Waals surface area contributed by atoms with E-state index in [9.17, 15) is 0 Å². The molecule has 0 N–H and O–H groups in total. The first-order valence-electron chi connectivity index (χ1n) is 3.93. The molecule has 0 spiro atoms. The summed E-state index contributed by atoms with van der Waals surface area (Å²) in [7, 11) is 1.95. The molecule has 0 aromatic carbocycles. The molecule has 3 heteroatoms. The molecular formula is C7H16O2Si. The van der Waals surface area contributed by atoms with Crippen molar-refractivity contribution < 1.29 is 8.85 Å². The monoisotopic (exact) mass is 160 g/mol. The van der Waals surface area contributed by atoms with Crippen molar-refractivity contribution in [3.05, 3.63) is 0 Å². The molecule has 2 nitrogen and oxygen atoms in total. The highest BCUT2D eigenvalue weighted by Crippen LogP contribution is 2.28. The van der Waals surface area contributed by atoms with Crippen LogP contribution < -0.4 is 0 Å². The summed E-state index contributed by atoms with van der Waals surface area (Å²) in [5.74, 6) is 0. The van der Waals surface area contributed by atoms with Crippen molar-refractivity contribution >= 4 is 8.56 Å². The summed E-state index contributed by atoms with van der Waals surface area (Å²) in [6.07, 6.45) is 3.96. The van der Waals surface area contributed by atoms with Crippen LogP contribution in [0.4, 0.5) is 0 Å². The minimum absolute atomic E-state index is 1.19.